The number of morpholine rings is 1. The highest BCUT2D eigenvalue weighted by molar-refractivity contribution is 6.42. The van der Waals surface area contributed by atoms with Gasteiger partial charge in [-0.3, -0.25) is 14.4 Å². The van der Waals surface area contributed by atoms with Crippen molar-refractivity contribution in [1.82, 2.24) is 5.32 Å². The van der Waals surface area contributed by atoms with Crippen molar-refractivity contribution < 1.29 is 29.0 Å². The smallest absolute Gasteiger partial charge is 0.305 e. The third-order valence-corrected chi connectivity index (χ3v) is 6.52. The molecule has 36 heavy (non-hydrogen) atoms. The Morgan fingerprint density at radius 1 is 1.11 bits per heavy atom. The molecular weight excluding hydrogens is 509 g/mol. The lowest BCUT2D eigenvalue weighted by atomic mass is 10.0. The predicted molar refractivity (Wildman–Crippen MR) is 138 cm³/mol. The van der Waals surface area contributed by atoms with Crippen molar-refractivity contribution >= 4 is 52.4 Å². The van der Waals surface area contributed by atoms with Crippen LogP contribution < -0.4 is 15.5 Å². The van der Waals surface area contributed by atoms with Crippen LogP contribution in [0.25, 0.3) is 0 Å². The van der Waals surface area contributed by atoms with Crippen molar-refractivity contribution in [3.05, 3.63) is 57.6 Å². The first kappa shape index (κ1) is 27.7. The van der Waals surface area contributed by atoms with Crippen LogP contribution in [-0.2, 0) is 19.1 Å². The maximum atomic E-state index is 13.2. The molecule has 2 amide bonds. The van der Waals surface area contributed by atoms with Gasteiger partial charge in [-0.25, -0.2) is 0 Å². The van der Waals surface area contributed by atoms with Crippen LogP contribution in [0.15, 0.2) is 36.4 Å². The SMILES string of the molecule is COCC(=O)Nc1cc(C(=O)NC(CC(=O)O)c2ccc(Cl)c(Cl)c2)ccc1N1C(C)COCC1C. The Labute approximate surface area is 219 Å². The van der Waals surface area contributed by atoms with Crippen LogP contribution in [0.4, 0.5) is 11.4 Å². The van der Waals surface area contributed by atoms with Crippen LogP contribution in [-0.4, -0.2) is 61.9 Å². The number of anilines is 2. The van der Waals surface area contributed by atoms with Crippen LogP contribution in [0.5, 0.6) is 0 Å². The number of methoxy groups -OCH3 is 1. The van der Waals surface area contributed by atoms with Gasteiger partial charge >= 0.3 is 5.97 Å². The molecule has 3 N–H and O–H groups in total. The second-order valence-corrected chi connectivity index (χ2v) is 9.47. The monoisotopic (exact) mass is 537 g/mol. The Kier molecular flexibility index (Phi) is 9.56. The van der Waals surface area contributed by atoms with Crippen molar-refractivity contribution in [2.24, 2.45) is 0 Å². The van der Waals surface area contributed by atoms with Crippen molar-refractivity contribution in [2.75, 3.05) is 37.1 Å². The van der Waals surface area contributed by atoms with E-state index in [4.69, 9.17) is 32.7 Å². The van der Waals surface area contributed by atoms with E-state index in [1.165, 1.54) is 13.2 Å². The Hall–Kier alpha value is -2.85. The fourth-order valence-corrected chi connectivity index (χ4v) is 4.50. The Bertz CT molecular complexity index is 1120. The van der Waals surface area contributed by atoms with Gasteiger partial charge in [-0.05, 0) is 49.7 Å². The van der Waals surface area contributed by atoms with Gasteiger partial charge in [0.1, 0.15) is 6.61 Å². The summed E-state index contributed by atoms with van der Waals surface area (Å²) >= 11 is 12.1. The third-order valence-electron chi connectivity index (χ3n) is 5.78. The summed E-state index contributed by atoms with van der Waals surface area (Å²) in [5.74, 6) is -1.97. The molecule has 0 saturated carbocycles. The van der Waals surface area contributed by atoms with Gasteiger partial charge in [-0.15, -0.1) is 0 Å². The highest BCUT2D eigenvalue weighted by Gasteiger charge is 2.29. The number of hydrogen-bond donors (Lipinski definition) is 3. The molecule has 0 aromatic heterocycles. The molecule has 0 bridgehead atoms. The fourth-order valence-electron chi connectivity index (χ4n) is 4.20. The summed E-state index contributed by atoms with van der Waals surface area (Å²) < 4.78 is 10.6. The normalized spacial score (nSPS) is 18.4. The molecule has 1 aliphatic rings. The Morgan fingerprint density at radius 3 is 2.42 bits per heavy atom. The number of rotatable bonds is 9. The number of nitrogens with one attached hydrogen (secondary N) is 2. The van der Waals surface area contributed by atoms with E-state index < -0.39 is 17.9 Å². The number of carboxylic acids is 1. The third kappa shape index (κ3) is 6.88. The van der Waals surface area contributed by atoms with Crippen LogP contribution >= 0.6 is 23.2 Å². The number of halogens is 2. The number of hydrogen-bond acceptors (Lipinski definition) is 6. The number of ether oxygens (including phenoxy) is 2. The second-order valence-electron chi connectivity index (χ2n) is 8.65. The zero-order valence-electron chi connectivity index (χ0n) is 20.2. The summed E-state index contributed by atoms with van der Waals surface area (Å²) in [7, 11) is 1.42. The van der Waals surface area contributed by atoms with Crippen LogP contribution in [0, 0.1) is 0 Å². The minimum atomic E-state index is -1.09. The lowest BCUT2D eigenvalue weighted by molar-refractivity contribution is -0.137. The van der Waals surface area contributed by atoms with E-state index in [9.17, 15) is 19.5 Å². The summed E-state index contributed by atoms with van der Waals surface area (Å²) in [6.45, 7) is 4.94. The fraction of sp³-hybridized carbons (Fsp3) is 0.400. The molecule has 9 nitrogen and oxygen atoms in total. The average molecular weight is 538 g/mol. The van der Waals surface area contributed by atoms with Gasteiger partial charge in [0.2, 0.25) is 5.91 Å². The number of nitrogens with zero attached hydrogens (tertiary/aromatic N) is 1. The van der Waals surface area contributed by atoms with E-state index in [2.05, 4.69) is 15.5 Å². The largest absolute Gasteiger partial charge is 0.481 e. The van der Waals surface area contributed by atoms with Crippen LogP contribution in [0.3, 0.4) is 0 Å². The number of carboxylic acid groups (broad SMARTS) is 1. The number of aliphatic carboxylic acids is 1. The van der Waals surface area contributed by atoms with Gasteiger partial charge in [-0.1, -0.05) is 29.3 Å². The maximum Gasteiger partial charge on any atom is 0.305 e. The average Bonchev–Trinajstić information content (AvgIpc) is 2.81. The molecule has 2 aromatic rings. The van der Waals surface area contributed by atoms with Crippen molar-refractivity contribution in [3.63, 3.8) is 0 Å². The van der Waals surface area contributed by atoms with Crippen LogP contribution in [0.2, 0.25) is 10.0 Å². The van der Waals surface area contributed by atoms with E-state index in [1.807, 2.05) is 13.8 Å². The summed E-state index contributed by atoms with van der Waals surface area (Å²) in [4.78, 5) is 39.2. The van der Waals surface area contributed by atoms with Gasteiger partial charge < -0.3 is 30.1 Å². The molecule has 194 valence electrons. The van der Waals surface area contributed by atoms with Crippen molar-refractivity contribution in [2.45, 2.75) is 38.4 Å². The van der Waals surface area contributed by atoms with E-state index >= 15 is 0 Å². The van der Waals surface area contributed by atoms with Crippen molar-refractivity contribution in [3.8, 4) is 0 Å². The minimum Gasteiger partial charge on any atom is -0.481 e. The molecule has 0 radical (unpaired) electrons. The molecule has 3 unspecified atom stereocenters. The molecule has 1 heterocycles. The lowest BCUT2D eigenvalue weighted by Gasteiger charge is -2.41. The highest BCUT2D eigenvalue weighted by Crippen LogP contribution is 2.33. The van der Waals surface area contributed by atoms with E-state index in [-0.39, 0.29) is 41.6 Å². The first-order valence-electron chi connectivity index (χ1n) is 11.4. The van der Waals surface area contributed by atoms with Gasteiger partial charge in [0, 0.05) is 24.8 Å². The molecular formula is C25H29Cl2N3O6. The number of carbonyl (C=O) groups is 3. The molecule has 11 heteroatoms. The molecule has 0 aliphatic carbocycles. The zero-order valence-corrected chi connectivity index (χ0v) is 21.7. The highest BCUT2D eigenvalue weighted by atomic mass is 35.5. The molecule has 1 aliphatic heterocycles. The summed E-state index contributed by atoms with van der Waals surface area (Å²) in [5.41, 5.74) is 1.93. The summed E-state index contributed by atoms with van der Waals surface area (Å²) in [5, 5.41) is 15.5. The van der Waals surface area contributed by atoms with E-state index in [0.717, 1.165) is 5.69 Å². The standard InChI is InChI=1S/C25H29Cl2N3O6/c1-14-11-36-12-15(2)30(14)22-7-5-17(9-21(22)28-23(31)13-35-3)25(34)29-20(10-24(32)33)16-4-6-18(26)19(27)8-16/h4-9,14-15,20H,10-13H2,1-3H3,(H,28,31)(H,29,34)(H,32,33). The molecule has 3 rings (SSSR count). The maximum absolute atomic E-state index is 13.2. The topological polar surface area (TPSA) is 117 Å². The Morgan fingerprint density at radius 2 is 1.81 bits per heavy atom. The second kappa shape index (κ2) is 12.4. The lowest BCUT2D eigenvalue weighted by Crippen LogP contribution is -2.50. The van der Waals surface area contributed by atoms with Gasteiger partial charge in [0.05, 0.1) is 47.1 Å². The Balaban J connectivity index is 1.94. The molecule has 0 spiro atoms. The quantitative estimate of drug-likeness (QED) is 0.440. The first-order chi connectivity index (χ1) is 17.1. The molecule has 1 fully saturated rings. The van der Waals surface area contributed by atoms with Gasteiger partial charge in [-0.2, -0.15) is 0 Å². The first-order valence-corrected chi connectivity index (χ1v) is 12.1. The summed E-state index contributed by atoms with van der Waals surface area (Å²) in [6.07, 6.45) is -0.359. The van der Waals surface area contributed by atoms with E-state index in [0.29, 0.717) is 29.5 Å². The molecule has 2 aromatic carbocycles. The number of benzene rings is 2. The van der Waals surface area contributed by atoms with Crippen molar-refractivity contribution in [1.29, 1.82) is 0 Å². The van der Waals surface area contributed by atoms with Gasteiger partial charge in [0.15, 0.2) is 0 Å². The predicted octanol–water partition coefficient (Wildman–Crippen LogP) is 4.14. The zero-order chi connectivity index (χ0) is 26.4. The number of carbonyl (C=O) groups excluding carboxylic acids is 2. The molecule has 1 saturated heterocycles. The van der Waals surface area contributed by atoms with Crippen LogP contribution in [0.1, 0.15) is 42.2 Å². The summed E-state index contributed by atoms with van der Waals surface area (Å²) in [6, 6.07) is 8.89. The van der Waals surface area contributed by atoms with Gasteiger partial charge in [0.25, 0.3) is 5.91 Å². The number of amides is 2. The van der Waals surface area contributed by atoms with E-state index in [1.54, 1.807) is 30.3 Å². The molecule has 3 atom stereocenters. The minimum absolute atomic E-state index is 0.0427.